The number of hydrogen-bond donors (Lipinski definition) is 1. The van der Waals surface area contributed by atoms with E-state index < -0.39 is 30.5 Å². The second-order valence-electron chi connectivity index (χ2n) is 6.34. The van der Waals surface area contributed by atoms with E-state index in [9.17, 15) is 22.8 Å². The molecule has 132 valence electrons. The summed E-state index contributed by atoms with van der Waals surface area (Å²) in [5, 5.41) is 8.94. The number of alkyl halides is 3. The third-order valence-electron chi connectivity index (χ3n) is 4.75. The predicted octanol–water partition coefficient (Wildman–Crippen LogP) is 2.30. The van der Waals surface area contributed by atoms with Crippen molar-refractivity contribution in [3.05, 3.63) is 0 Å². The predicted molar refractivity (Wildman–Crippen MR) is 74.6 cm³/mol. The molecule has 2 atom stereocenters. The van der Waals surface area contributed by atoms with Crippen LogP contribution in [0.2, 0.25) is 0 Å². The maximum atomic E-state index is 12.9. The number of carboxylic acids is 1. The number of rotatable bonds is 5. The van der Waals surface area contributed by atoms with Crippen molar-refractivity contribution in [2.75, 3.05) is 26.3 Å². The Hall–Kier alpha value is -1.31. The first-order valence-electron chi connectivity index (χ1n) is 7.94. The van der Waals surface area contributed by atoms with E-state index >= 15 is 0 Å². The Balaban J connectivity index is 1.81. The van der Waals surface area contributed by atoms with E-state index in [-0.39, 0.29) is 18.9 Å². The molecular weight excluding hydrogens is 315 g/mol. The Morgan fingerprint density at radius 3 is 2.35 bits per heavy atom. The standard InChI is InChI=1S/C15H22F3NO4/c16-15(17,18)12-9-19(8-11(12)14(21)22)13(20)3-1-2-10-4-6-23-7-5-10/h10-12H,1-9H2,(H,21,22)/t11-,12-/m1/s1. The van der Waals surface area contributed by atoms with Gasteiger partial charge in [0.1, 0.15) is 0 Å². The molecule has 2 saturated heterocycles. The molecule has 0 aliphatic carbocycles. The largest absolute Gasteiger partial charge is 0.481 e. The van der Waals surface area contributed by atoms with E-state index in [1.165, 1.54) is 0 Å². The molecule has 0 spiro atoms. The molecule has 2 heterocycles. The number of hydrogen-bond acceptors (Lipinski definition) is 3. The minimum absolute atomic E-state index is 0.175. The number of halogens is 3. The van der Waals surface area contributed by atoms with Crippen molar-refractivity contribution in [3.63, 3.8) is 0 Å². The van der Waals surface area contributed by atoms with Crippen LogP contribution in [-0.4, -0.2) is 54.4 Å². The number of carboxylic acid groups (broad SMARTS) is 1. The number of ether oxygens (including phenoxy) is 1. The first-order valence-corrected chi connectivity index (χ1v) is 7.94. The van der Waals surface area contributed by atoms with Gasteiger partial charge in [-0.05, 0) is 31.6 Å². The highest BCUT2D eigenvalue weighted by Gasteiger charge is 2.53. The third-order valence-corrected chi connectivity index (χ3v) is 4.75. The Bertz CT molecular complexity index is 435. The van der Waals surface area contributed by atoms with Crippen LogP contribution in [0, 0.1) is 17.8 Å². The van der Waals surface area contributed by atoms with Crippen molar-refractivity contribution in [2.24, 2.45) is 17.8 Å². The lowest BCUT2D eigenvalue weighted by atomic mass is 9.94. The van der Waals surface area contributed by atoms with E-state index in [4.69, 9.17) is 9.84 Å². The molecular formula is C15H22F3NO4. The highest BCUT2D eigenvalue weighted by molar-refractivity contribution is 5.79. The van der Waals surface area contributed by atoms with Crippen LogP contribution in [0.4, 0.5) is 13.2 Å². The van der Waals surface area contributed by atoms with Gasteiger partial charge in [-0.15, -0.1) is 0 Å². The smallest absolute Gasteiger partial charge is 0.394 e. The molecule has 2 fully saturated rings. The number of carbonyl (C=O) groups excluding carboxylic acids is 1. The van der Waals surface area contributed by atoms with Gasteiger partial charge in [-0.3, -0.25) is 9.59 Å². The molecule has 0 saturated carbocycles. The number of aliphatic carboxylic acids is 1. The molecule has 0 radical (unpaired) electrons. The minimum Gasteiger partial charge on any atom is -0.481 e. The van der Waals surface area contributed by atoms with E-state index in [0.29, 0.717) is 12.3 Å². The minimum atomic E-state index is -4.60. The first kappa shape index (κ1) is 18.0. The maximum absolute atomic E-state index is 12.9. The molecule has 0 bridgehead atoms. The summed E-state index contributed by atoms with van der Waals surface area (Å²) < 4.78 is 43.9. The molecule has 2 aliphatic heterocycles. The van der Waals surface area contributed by atoms with Crippen molar-refractivity contribution < 1.29 is 32.6 Å². The highest BCUT2D eigenvalue weighted by atomic mass is 19.4. The van der Waals surface area contributed by atoms with Gasteiger partial charge in [-0.2, -0.15) is 13.2 Å². The van der Waals surface area contributed by atoms with Crippen molar-refractivity contribution >= 4 is 11.9 Å². The fraction of sp³-hybridized carbons (Fsp3) is 0.867. The Labute approximate surface area is 132 Å². The second kappa shape index (κ2) is 7.51. The van der Waals surface area contributed by atoms with Crippen molar-refractivity contribution in [2.45, 2.75) is 38.3 Å². The Morgan fingerprint density at radius 1 is 1.17 bits per heavy atom. The van der Waals surface area contributed by atoms with Gasteiger partial charge in [-0.25, -0.2) is 0 Å². The summed E-state index contributed by atoms with van der Waals surface area (Å²) in [6, 6.07) is 0. The first-order chi connectivity index (χ1) is 10.8. The van der Waals surface area contributed by atoms with E-state index in [2.05, 4.69) is 0 Å². The molecule has 5 nitrogen and oxygen atoms in total. The van der Waals surface area contributed by atoms with Gasteiger partial charge in [-0.1, -0.05) is 0 Å². The third kappa shape index (κ3) is 4.83. The van der Waals surface area contributed by atoms with Gasteiger partial charge in [0.2, 0.25) is 5.91 Å². The summed E-state index contributed by atoms with van der Waals surface area (Å²) in [6.07, 6.45) is -1.04. The summed E-state index contributed by atoms with van der Waals surface area (Å²) in [7, 11) is 0. The number of nitrogens with zero attached hydrogens (tertiary/aromatic N) is 1. The average Bonchev–Trinajstić information content (AvgIpc) is 2.94. The van der Waals surface area contributed by atoms with Crippen molar-refractivity contribution in [1.29, 1.82) is 0 Å². The normalized spacial score (nSPS) is 26.5. The van der Waals surface area contributed by atoms with E-state index in [0.717, 1.165) is 37.4 Å². The Morgan fingerprint density at radius 2 is 1.83 bits per heavy atom. The zero-order valence-corrected chi connectivity index (χ0v) is 12.8. The Kier molecular flexibility index (Phi) is 5.89. The monoisotopic (exact) mass is 337 g/mol. The molecule has 23 heavy (non-hydrogen) atoms. The summed E-state index contributed by atoms with van der Waals surface area (Å²) in [5.41, 5.74) is 0. The van der Waals surface area contributed by atoms with Gasteiger partial charge in [0.05, 0.1) is 11.8 Å². The van der Waals surface area contributed by atoms with Gasteiger partial charge < -0.3 is 14.7 Å². The number of likely N-dealkylation sites (tertiary alicyclic amines) is 1. The molecule has 2 aliphatic rings. The molecule has 0 aromatic carbocycles. The quantitative estimate of drug-likeness (QED) is 0.836. The fourth-order valence-corrected chi connectivity index (χ4v) is 3.32. The van der Waals surface area contributed by atoms with Gasteiger partial charge >= 0.3 is 12.1 Å². The topological polar surface area (TPSA) is 66.8 Å². The van der Waals surface area contributed by atoms with Crippen LogP contribution in [0.25, 0.3) is 0 Å². The van der Waals surface area contributed by atoms with Crippen LogP contribution in [-0.2, 0) is 14.3 Å². The molecule has 2 rings (SSSR count). The van der Waals surface area contributed by atoms with Crippen LogP contribution in [0.1, 0.15) is 32.1 Å². The van der Waals surface area contributed by atoms with Crippen LogP contribution in [0.5, 0.6) is 0 Å². The van der Waals surface area contributed by atoms with Crippen LogP contribution >= 0.6 is 0 Å². The van der Waals surface area contributed by atoms with Gasteiger partial charge in [0.15, 0.2) is 0 Å². The molecule has 0 aromatic heterocycles. The highest BCUT2D eigenvalue weighted by Crippen LogP contribution is 2.38. The zero-order valence-electron chi connectivity index (χ0n) is 12.8. The molecule has 1 amide bonds. The summed E-state index contributed by atoms with van der Waals surface area (Å²) in [4.78, 5) is 24.1. The van der Waals surface area contributed by atoms with Gasteiger partial charge in [0, 0.05) is 32.7 Å². The van der Waals surface area contributed by atoms with E-state index in [1.54, 1.807) is 0 Å². The zero-order chi connectivity index (χ0) is 17.0. The van der Waals surface area contributed by atoms with Crippen molar-refractivity contribution in [3.8, 4) is 0 Å². The maximum Gasteiger partial charge on any atom is 0.394 e. The lowest BCUT2D eigenvalue weighted by molar-refractivity contribution is -0.188. The van der Waals surface area contributed by atoms with E-state index in [1.807, 2.05) is 0 Å². The number of amides is 1. The van der Waals surface area contributed by atoms with Crippen LogP contribution in [0.15, 0.2) is 0 Å². The fourth-order valence-electron chi connectivity index (χ4n) is 3.32. The summed E-state index contributed by atoms with van der Waals surface area (Å²) in [5.74, 6) is -4.90. The van der Waals surface area contributed by atoms with Gasteiger partial charge in [0.25, 0.3) is 0 Å². The summed E-state index contributed by atoms with van der Waals surface area (Å²) in [6.45, 7) is 0.544. The summed E-state index contributed by atoms with van der Waals surface area (Å²) >= 11 is 0. The molecule has 0 unspecified atom stereocenters. The van der Waals surface area contributed by atoms with Crippen LogP contribution in [0.3, 0.4) is 0 Å². The number of carbonyl (C=O) groups is 2. The van der Waals surface area contributed by atoms with Crippen LogP contribution < -0.4 is 0 Å². The molecule has 0 aromatic rings. The molecule has 8 heteroatoms. The molecule has 1 N–H and O–H groups in total. The average molecular weight is 337 g/mol. The van der Waals surface area contributed by atoms with Crippen molar-refractivity contribution in [1.82, 2.24) is 4.90 Å². The lowest BCUT2D eigenvalue weighted by Crippen LogP contribution is -2.34. The lowest BCUT2D eigenvalue weighted by Gasteiger charge is -2.22. The second-order valence-corrected chi connectivity index (χ2v) is 6.34. The SMILES string of the molecule is O=C(O)[C@@H]1CN(C(=O)CCCC2CCOCC2)C[C@H]1C(F)(F)F.